The van der Waals surface area contributed by atoms with Gasteiger partial charge in [-0.1, -0.05) is 6.07 Å². The van der Waals surface area contributed by atoms with Crippen molar-refractivity contribution in [3.8, 4) is 6.07 Å². The Bertz CT molecular complexity index is 780. The number of halogens is 1. The number of benzene rings is 1. The normalized spacial score (nSPS) is 10.8. The van der Waals surface area contributed by atoms with Crippen LogP contribution in [0.4, 0.5) is 10.1 Å². The average molecular weight is 291 g/mol. The van der Waals surface area contributed by atoms with Gasteiger partial charge in [-0.05, 0) is 31.2 Å². The van der Waals surface area contributed by atoms with Crippen molar-refractivity contribution in [3.05, 3.63) is 53.6 Å². The van der Waals surface area contributed by atoms with Crippen LogP contribution in [0.3, 0.4) is 0 Å². The number of aromatic nitrogens is 1. The lowest BCUT2D eigenvalue weighted by atomic mass is 10.2. The summed E-state index contributed by atoms with van der Waals surface area (Å²) in [6.45, 7) is 1.48. The van der Waals surface area contributed by atoms with Crippen molar-refractivity contribution < 1.29 is 12.8 Å². The fourth-order valence-electron chi connectivity index (χ4n) is 1.53. The van der Waals surface area contributed by atoms with E-state index in [1.54, 1.807) is 6.07 Å². The Hall–Kier alpha value is -2.46. The van der Waals surface area contributed by atoms with Gasteiger partial charge in [0.2, 0.25) is 0 Å². The van der Waals surface area contributed by atoms with E-state index in [2.05, 4.69) is 9.71 Å². The highest BCUT2D eigenvalue weighted by molar-refractivity contribution is 7.92. The van der Waals surface area contributed by atoms with E-state index in [4.69, 9.17) is 5.26 Å². The highest BCUT2D eigenvalue weighted by atomic mass is 32.2. The Morgan fingerprint density at radius 1 is 1.30 bits per heavy atom. The van der Waals surface area contributed by atoms with Gasteiger partial charge in [-0.3, -0.25) is 4.72 Å². The van der Waals surface area contributed by atoms with Gasteiger partial charge in [0, 0.05) is 11.8 Å². The molecule has 7 heteroatoms. The second kappa shape index (κ2) is 5.27. The molecule has 102 valence electrons. The van der Waals surface area contributed by atoms with E-state index < -0.39 is 15.8 Å². The van der Waals surface area contributed by atoms with Crippen molar-refractivity contribution in [2.45, 2.75) is 11.8 Å². The van der Waals surface area contributed by atoms with E-state index in [1.807, 2.05) is 0 Å². The lowest BCUT2D eigenvalue weighted by molar-refractivity contribution is 0.600. The van der Waals surface area contributed by atoms with Crippen molar-refractivity contribution in [1.29, 1.82) is 5.26 Å². The first-order chi connectivity index (χ1) is 9.44. The Kier molecular flexibility index (Phi) is 3.68. The number of hydrogen-bond donors (Lipinski definition) is 1. The molecule has 2 aromatic rings. The SMILES string of the molecule is Cc1c(F)cccc1NS(=O)(=O)c1ccc(C#N)nc1. The number of rotatable bonds is 3. The van der Waals surface area contributed by atoms with Crippen LogP contribution in [-0.4, -0.2) is 13.4 Å². The van der Waals surface area contributed by atoms with E-state index in [0.29, 0.717) is 0 Å². The van der Waals surface area contributed by atoms with Crippen LogP contribution in [0.2, 0.25) is 0 Å². The summed E-state index contributed by atoms with van der Waals surface area (Å²) in [5.41, 5.74) is 0.484. The second-order valence-corrected chi connectivity index (χ2v) is 5.69. The van der Waals surface area contributed by atoms with E-state index >= 15 is 0 Å². The lowest BCUT2D eigenvalue weighted by Crippen LogP contribution is -2.14. The summed E-state index contributed by atoms with van der Waals surface area (Å²) >= 11 is 0. The van der Waals surface area contributed by atoms with Crippen LogP contribution in [0.5, 0.6) is 0 Å². The maximum atomic E-state index is 13.4. The predicted molar refractivity (Wildman–Crippen MR) is 70.9 cm³/mol. The van der Waals surface area contributed by atoms with Crippen LogP contribution in [0.25, 0.3) is 0 Å². The van der Waals surface area contributed by atoms with Crippen LogP contribution < -0.4 is 4.72 Å². The van der Waals surface area contributed by atoms with E-state index in [0.717, 1.165) is 6.20 Å². The van der Waals surface area contributed by atoms with Gasteiger partial charge in [0.05, 0.1) is 5.69 Å². The third-order valence-corrected chi connectivity index (χ3v) is 4.02. The quantitative estimate of drug-likeness (QED) is 0.939. The van der Waals surface area contributed by atoms with Crippen LogP contribution in [0.1, 0.15) is 11.3 Å². The van der Waals surface area contributed by atoms with Gasteiger partial charge in [-0.2, -0.15) is 5.26 Å². The molecule has 20 heavy (non-hydrogen) atoms. The highest BCUT2D eigenvalue weighted by Crippen LogP contribution is 2.21. The fourth-order valence-corrected chi connectivity index (χ4v) is 2.59. The molecule has 0 bridgehead atoms. The molecule has 0 spiro atoms. The second-order valence-electron chi connectivity index (χ2n) is 4.01. The minimum absolute atomic E-state index is 0.0971. The van der Waals surface area contributed by atoms with Crippen molar-refractivity contribution in [3.63, 3.8) is 0 Å². The minimum Gasteiger partial charge on any atom is -0.279 e. The third-order valence-electron chi connectivity index (χ3n) is 2.67. The summed E-state index contributed by atoms with van der Waals surface area (Å²) in [6, 6.07) is 8.49. The number of pyridine rings is 1. The van der Waals surface area contributed by atoms with Crippen LogP contribution in [0.15, 0.2) is 41.4 Å². The van der Waals surface area contributed by atoms with Crippen molar-refractivity contribution in [2.75, 3.05) is 4.72 Å². The number of hydrogen-bond acceptors (Lipinski definition) is 4. The zero-order chi connectivity index (χ0) is 14.8. The van der Waals surface area contributed by atoms with Crippen molar-refractivity contribution in [2.24, 2.45) is 0 Å². The molecule has 0 saturated heterocycles. The van der Waals surface area contributed by atoms with Gasteiger partial charge in [0.1, 0.15) is 22.5 Å². The smallest absolute Gasteiger partial charge is 0.263 e. The van der Waals surface area contributed by atoms with E-state index in [-0.39, 0.29) is 21.8 Å². The topological polar surface area (TPSA) is 82.9 Å². The highest BCUT2D eigenvalue weighted by Gasteiger charge is 2.16. The molecule has 1 heterocycles. The number of nitrogens with zero attached hydrogens (tertiary/aromatic N) is 2. The molecule has 1 aromatic carbocycles. The zero-order valence-corrected chi connectivity index (χ0v) is 11.3. The van der Waals surface area contributed by atoms with Crippen molar-refractivity contribution >= 4 is 15.7 Å². The molecular weight excluding hydrogens is 281 g/mol. The monoisotopic (exact) mass is 291 g/mol. The molecule has 0 saturated carbocycles. The molecule has 0 unspecified atom stereocenters. The molecule has 1 N–H and O–H groups in total. The Morgan fingerprint density at radius 3 is 2.65 bits per heavy atom. The first-order valence-electron chi connectivity index (χ1n) is 5.58. The summed E-state index contributed by atoms with van der Waals surface area (Å²) in [7, 11) is -3.87. The Morgan fingerprint density at radius 2 is 2.05 bits per heavy atom. The fraction of sp³-hybridized carbons (Fsp3) is 0.0769. The van der Waals surface area contributed by atoms with E-state index in [9.17, 15) is 12.8 Å². The summed E-state index contributed by atoms with van der Waals surface area (Å²) in [6.07, 6.45) is 1.08. The average Bonchev–Trinajstić information content (AvgIpc) is 2.44. The van der Waals surface area contributed by atoms with Crippen LogP contribution in [0, 0.1) is 24.1 Å². The molecule has 0 fully saturated rings. The molecule has 0 radical (unpaired) electrons. The number of anilines is 1. The van der Waals surface area contributed by atoms with Gasteiger partial charge < -0.3 is 0 Å². The summed E-state index contributed by atoms with van der Waals surface area (Å²) in [5, 5.41) is 8.61. The van der Waals surface area contributed by atoms with Crippen LogP contribution in [-0.2, 0) is 10.0 Å². The molecule has 0 aliphatic carbocycles. The van der Waals surface area contributed by atoms with Gasteiger partial charge >= 0.3 is 0 Å². The molecule has 0 amide bonds. The number of sulfonamides is 1. The standard InChI is InChI=1S/C13H10FN3O2S/c1-9-12(14)3-2-4-13(9)17-20(18,19)11-6-5-10(7-15)16-8-11/h2-6,8,17H,1H3. The summed E-state index contributed by atoms with van der Waals surface area (Å²) < 4.78 is 39.9. The van der Waals surface area contributed by atoms with Gasteiger partial charge in [0.15, 0.2) is 0 Å². The third kappa shape index (κ3) is 2.75. The molecule has 0 atom stereocenters. The maximum Gasteiger partial charge on any atom is 0.263 e. The summed E-state index contributed by atoms with van der Waals surface area (Å²) in [4.78, 5) is 3.59. The Labute approximate surface area is 115 Å². The molecule has 0 aliphatic rings. The van der Waals surface area contributed by atoms with Gasteiger partial charge in [-0.25, -0.2) is 17.8 Å². The maximum absolute atomic E-state index is 13.4. The molecule has 0 aliphatic heterocycles. The molecular formula is C13H10FN3O2S. The van der Waals surface area contributed by atoms with E-state index in [1.165, 1.54) is 37.3 Å². The summed E-state index contributed by atoms with van der Waals surface area (Å²) in [5.74, 6) is -0.497. The van der Waals surface area contributed by atoms with Gasteiger partial charge in [-0.15, -0.1) is 0 Å². The molecule has 5 nitrogen and oxygen atoms in total. The molecule has 2 rings (SSSR count). The predicted octanol–water partition coefficient (Wildman–Crippen LogP) is 2.20. The van der Waals surface area contributed by atoms with Crippen LogP contribution >= 0.6 is 0 Å². The number of nitrogens with one attached hydrogen (secondary N) is 1. The minimum atomic E-state index is -3.87. The largest absolute Gasteiger partial charge is 0.279 e. The zero-order valence-electron chi connectivity index (χ0n) is 10.5. The molecule has 1 aromatic heterocycles. The van der Waals surface area contributed by atoms with Gasteiger partial charge in [0.25, 0.3) is 10.0 Å². The lowest BCUT2D eigenvalue weighted by Gasteiger charge is -2.10. The van der Waals surface area contributed by atoms with Crippen molar-refractivity contribution in [1.82, 2.24) is 4.98 Å². The first kappa shape index (κ1) is 14.0. The first-order valence-corrected chi connectivity index (χ1v) is 7.06. The number of nitriles is 1. The Balaban J connectivity index is 2.36.